The predicted octanol–water partition coefficient (Wildman–Crippen LogP) is 2.58. The monoisotopic (exact) mass is 406 g/mol. The van der Waals surface area contributed by atoms with Crippen molar-refractivity contribution in [2.45, 2.75) is 13.0 Å². The topological polar surface area (TPSA) is 76.5 Å². The Morgan fingerprint density at radius 3 is 2.37 bits per heavy atom. The Kier molecular flexibility index (Phi) is 6.64. The van der Waals surface area contributed by atoms with Gasteiger partial charge < -0.3 is 15.0 Å². The zero-order valence-corrected chi connectivity index (χ0v) is 17.6. The summed E-state index contributed by atoms with van der Waals surface area (Å²) < 4.78 is 6.65. The Balaban J connectivity index is 1.78. The van der Waals surface area contributed by atoms with Gasteiger partial charge in [-0.3, -0.25) is 9.59 Å². The average Bonchev–Trinajstić information content (AvgIpc) is 2.75. The molecule has 1 amide bonds. The van der Waals surface area contributed by atoms with Gasteiger partial charge in [0.25, 0.3) is 5.91 Å². The van der Waals surface area contributed by atoms with E-state index in [0.29, 0.717) is 12.3 Å². The Bertz CT molecular complexity index is 1060. The van der Waals surface area contributed by atoms with E-state index in [4.69, 9.17) is 4.74 Å². The number of benzene rings is 2. The van der Waals surface area contributed by atoms with Crippen molar-refractivity contribution < 1.29 is 9.53 Å². The van der Waals surface area contributed by atoms with E-state index >= 15 is 0 Å². The second-order valence-corrected chi connectivity index (χ2v) is 7.27. The Morgan fingerprint density at radius 1 is 1.10 bits per heavy atom. The number of ether oxygens (including phenoxy) is 1. The number of carbonyl (C=O) groups excluding carboxylic acids is 1. The van der Waals surface area contributed by atoms with Gasteiger partial charge in [-0.2, -0.15) is 5.10 Å². The van der Waals surface area contributed by atoms with E-state index in [2.05, 4.69) is 10.4 Å². The Morgan fingerprint density at radius 2 is 1.77 bits per heavy atom. The highest BCUT2D eigenvalue weighted by Crippen LogP contribution is 2.18. The molecular weight excluding hydrogens is 380 g/mol. The van der Waals surface area contributed by atoms with Crippen molar-refractivity contribution in [1.29, 1.82) is 0 Å². The Hall–Kier alpha value is -3.45. The number of nitrogens with one attached hydrogen (secondary N) is 1. The van der Waals surface area contributed by atoms with E-state index in [9.17, 15) is 9.59 Å². The quantitative estimate of drug-likeness (QED) is 0.653. The molecule has 3 aromatic rings. The van der Waals surface area contributed by atoms with Gasteiger partial charge in [-0.1, -0.05) is 29.8 Å². The van der Waals surface area contributed by atoms with Crippen molar-refractivity contribution in [2.75, 3.05) is 27.7 Å². The first-order chi connectivity index (χ1) is 14.4. The highest BCUT2D eigenvalue weighted by molar-refractivity contribution is 5.92. The third kappa shape index (κ3) is 4.93. The summed E-state index contributed by atoms with van der Waals surface area (Å²) in [6.07, 6.45) is 1.54. The van der Waals surface area contributed by atoms with Gasteiger partial charge in [0.2, 0.25) is 5.43 Å². The molecule has 0 aliphatic heterocycles. The van der Waals surface area contributed by atoms with Crippen LogP contribution in [0, 0.1) is 6.92 Å². The molecule has 1 N–H and O–H groups in total. The number of hydrogen-bond donors (Lipinski definition) is 1. The van der Waals surface area contributed by atoms with E-state index < -0.39 is 11.3 Å². The van der Waals surface area contributed by atoms with Crippen molar-refractivity contribution in [1.82, 2.24) is 20.0 Å². The minimum absolute atomic E-state index is 0.0259. The SMILES string of the molecule is COc1ccc(-n2ccc(=O)c(C(=O)NCC(c3ccc(C)cc3)N(C)C)n2)cc1. The summed E-state index contributed by atoms with van der Waals surface area (Å²) in [5.74, 6) is 0.213. The highest BCUT2D eigenvalue weighted by Gasteiger charge is 2.18. The standard InChI is InChI=1S/C23H26N4O3/c1-16-5-7-17(8-6-16)20(26(2)3)15-24-23(29)22-21(28)13-14-27(25-22)18-9-11-19(30-4)12-10-18/h5-14,20H,15H2,1-4H3,(H,24,29). The van der Waals surface area contributed by atoms with Crippen LogP contribution in [-0.4, -0.2) is 48.3 Å². The van der Waals surface area contributed by atoms with E-state index in [-0.39, 0.29) is 11.7 Å². The van der Waals surface area contributed by atoms with Gasteiger partial charge in [0, 0.05) is 18.8 Å². The highest BCUT2D eigenvalue weighted by atomic mass is 16.5. The number of hydrogen-bond acceptors (Lipinski definition) is 5. The smallest absolute Gasteiger partial charge is 0.275 e. The fourth-order valence-corrected chi connectivity index (χ4v) is 3.10. The first-order valence-corrected chi connectivity index (χ1v) is 9.64. The molecule has 0 saturated heterocycles. The molecule has 0 fully saturated rings. The zero-order chi connectivity index (χ0) is 21.7. The van der Waals surface area contributed by atoms with Crippen LogP contribution in [0.2, 0.25) is 0 Å². The molecule has 1 unspecified atom stereocenters. The maximum absolute atomic E-state index is 12.7. The zero-order valence-electron chi connectivity index (χ0n) is 17.6. The summed E-state index contributed by atoms with van der Waals surface area (Å²) in [6, 6.07) is 16.7. The summed E-state index contributed by atoms with van der Waals surface area (Å²) in [7, 11) is 5.49. The van der Waals surface area contributed by atoms with Crippen LogP contribution in [0.5, 0.6) is 5.75 Å². The van der Waals surface area contributed by atoms with Gasteiger partial charge in [0.05, 0.1) is 18.8 Å². The number of amides is 1. The second-order valence-electron chi connectivity index (χ2n) is 7.27. The first-order valence-electron chi connectivity index (χ1n) is 9.64. The molecule has 0 aliphatic carbocycles. The normalized spacial score (nSPS) is 11.9. The fraction of sp³-hybridized carbons (Fsp3) is 0.261. The summed E-state index contributed by atoms with van der Waals surface area (Å²) >= 11 is 0. The molecule has 156 valence electrons. The van der Waals surface area contributed by atoms with Gasteiger partial charge >= 0.3 is 0 Å². The minimum Gasteiger partial charge on any atom is -0.497 e. The van der Waals surface area contributed by atoms with Crippen LogP contribution in [0.1, 0.15) is 27.7 Å². The lowest BCUT2D eigenvalue weighted by Crippen LogP contribution is -2.37. The molecule has 2 aromatic carbocycles. The number of rotatable bonds is 7. The number of carbonyl (C=O) groups is 1. The van der Waals surface area contributed by atoms with Crippen LogP contribution in [0.25, 0.3) is 5.69 Å². The van der Waals surface area contributed by atoms with Crippen LogP contribution < -0.4 is 15.5 Å². The summed E-state index contributed by atoms with van der Waals surface area (Å²) in [6.45, 7) is 2.39. The number of aryl methyl sites for hydroxylation is 1. The van der Waals surface area contributed by atoms with Crippen molar-refractivity contribution >= 4 is 5.91 Å². The lowest BCUT2D eigenvalue weighted by molar-refractivity contribution is 0.0934. The van der Waals surface area contributed by atoms with Crippen molar-refractivity contribution in [3.63, 3.8) is 0 Å². The summed E-state index contributed by atoms with van der Waals surface area (Å²) in [4.78, 5) is 27.0. The predicted molar refractivity (Wildman–Crippen MR) is 116 cm³/mol. The molecular formula is C23H26N4O3. The van der Waals surface area contributed by atoms with E-state index in [0.717, 1.165) is 11.3 Å². The van der Waals surface area contributed by atoms with Gasteiger partial charge in [0.1, 0.15) is 5.75 Å². The summed E-state index contributed by atoms with van der Waals surface area (Å²) in [5, 5.41) is 7.10. The molecule has 0 saturated carbocycles. The van der Waals surface area contributed by atoms with E-state index in [1.807, 2.05) is 50.2 Å². The lowest BCUT2D eigenvalue weighted by Gasteiger charge is -2.25. The molecule has 0 bridgehead atoms. The molecule has 0 spiro atoms. The van der Waals surface area contributed by atoms with Crippen LogP contribution in [-0.2, 0) is 0 Å². The fourth-order valence-electron chi connectivity index (χ4n) is 3.10. The molecule has 1 heterocycles. The van der Waals surface area contributed by atoms with Crippen LogP contribution >= 0.6 is 0 Å². The van der Waals surface area contributed by atoms with Crippen LogP contribution in [0.15, 0.2) is 65.6 Å². The molecule has 1 aromatic heterocycles. The average molecular weight is 406 g/mol. The number of likely N-dealkylation sites (N-methyl/N-ethyl adjacent to an activating group) is 1. The molecule has 3 rings (SSSR count). The third-order valence-corrected chi connectivity index (χ3v) is 4.90. The number of aromatic nitrogens is 2. The van der Waals surface area contributed by atoms with Gasteiger partial charge in [-0.25, -0.2) is 4.68 Å². The molecule has 30 heavy (non-hydrogen) atoms. The number of nitrogens with zero attached hydrogens (tertiary/aromatic N) is 3. The summed E-state index contributed by atoms with van der Waals surface area (Å²) in [5.41, 5.74) is 2.41. The van der Waals surface area contributed by atoms with Gasteiger partial charge in [0.15, 0.2) is 5.69 Å². The third-order valence-electron chi connectivity index (χ3n) is 4.90. The second kappa shape index (κ2) is 9.37. The maximum Gasteiger partial charge on any atom is 0.275 e. The lowest BCUT2D eigenvalue weighted by atomic mass is 10.0. The molecule has 0 radical (unpaired) electrons. The Labute approximate surface area is 175 Å². The molecule has 0 aliphatic rings. The van der Waals surface area contributed by atoms with Crippen LogP contribution in [0.3, 0.4) is 0 Å². The van der Waals surface area contributed by atoms with Crippen LogP contribution in [0.4, 0.5) is 0 Å². The van der Waals surface area contributed by atoms with E-state index in [1.165, 1.54) is 22.5 Å². The maximum atomic E-state index is 12.7. The molecule has 7 nitrogen and oxygen atoms in total. The van der Waals surface area contributed by atoms with Crippen molar-refractivity contribution in [2.24, 2.45) is 0 Å². The molecule has 7 heteroatoms. The van der Waals surface area contributed by atoms with Crippen molar-refractivity contribution in [3.05, 3.63) is 87.8 Å². The molecule has 1 atom stereocenters. The number of methoxy groups -OCH3 is 1. The first kappa shape index (κ1) is 21.3. The van der Waals surface area contributed by atoms with Crippen molar-refractivity contribution in [3.8, 4) is 11.4 Å². The largest absolute Gasteiger partial charge is 0.497 e. The van der Waals surface area contributed by atoms with E-state index in [1.54, 1.807) is 31.4 Å². The van der Waals surface area contributed by atoms with Gasteiger partial charge in [-0.15, -0.1) is 0 Å². The minimum atomic E-state index is -0.498. The van der Waals surface area contributed by atoms with Gasteiger partial charge in [-0.05, 0) is 50.8 Å².